The van der Waals surface area contributed by atoms with Crippen molar-refractivity contribution in [1.29, 1.82) is 0 Å². The second-order valence-corrected chi connectivity index (χ2v) is 7.45. The Morgan fingerprint density at radius 1 is 1.37 bits per heavy atom. The number of nitrogens with zero attached hydrogens (tertiary/aromatic N) is 1. The number of thiophene rings is 1. The van der Waals surface area contributed by atoms with Gasteiger partial charge in [0, 0.05) is 37.6 Å². The fourth-order valence-electron chi connectivity index (χ4n) is 2.07. The van der Waals surface area contributed by atoms with Gasteiger partial charge in [0.05, 0.1) is 23.0 Å². The van der Waals surface area contributed by atoms with Crippen molar-refractivity contribution in [3.8, 4) is 0 Å². The molecule has 8 heteroatoms. The lowest BCUT2D eigenvalue weighted by atomic mass is 10.3. The summed E-state index contributed by atoms with van der Waals surface area (Å²) in [5.74, 6) is 0.321. The molecule has 5 nitrogen and oxygen atoms in total. The maximum atomic E-state index is 12.5. The molecule has 0 aliphatic carbocycles. The Morgan fingerprint density at radius 3 is 2.37 bits per heavy atom. The number of alkyl halides is 1. The Labute approximate surface area is 122 Å². The van der Waals surface area contributed by atoms with E-state index in [0.717, 1.165) is 4.88 Å². The fourth-order valence-corrected chi connectivity index (χ4v) is 4.92. The van der Waals surface area contributed by atoms with Crippen LogP contribution in [-0.2, 0) is 25.4 Å². The Kier molecular flexibility index (Phi) is 4.86. The normalized spacial score (nSPS) is 25.0. The molecule has 0 aromatic carbocycles. The summed E-state index contributed by atoms with van der Waals surface area (Å²) < 4.78 is 36.8. The van der Waals surface area contributed by atoms with Crippen LogP contribution in [0.4, 0.5) is 0 Å². The molecule has 0 N–H and O–H groups in total. The van der Waals surface area contributed by atoms with Crippen LogP contribution >= 0.6 is 22.9 Å². The molecule has 1 saturated heterocycles. The van der Waals surface area contributed by atoms with Gasteiger partial charge in [0.2, 0.25) is 10.0 Å². The summed E-state index contributed by atoms with van der Waals surface area (Å²) in [5.41, 5.74) is 0. The second kappa shape index (κ2) is 6.07. The summed E-state index contributed by atoms with van der Waals surface area (Å²) in [6, 6.07) is 1.62. The van der Waals surface area contributed by atoms with E-state index in [0.29, 0.717) is 23.9 Å². The Bertz CT molecular complexity index is 519. The van der Waals surface area contributed by atoms with Crippen molar-refractivity contribution >= 4 is 33.0 Å². The number of methoxy groups -OCH3 is 2. The van der Waals surface area contributed by atoms with Gasteiger partial charge in [-0.15, -0.1) is 22.9 Å². The lowest BCUT2D eigenvalue weighted by molar-refractivity contribution is -0.00461. The van der Waals surface area contributed by atoms with Crippen LogP contribution in [0.2, 0.25) is 0 Å². The van der Waals surface area contributed by atoms with Crippen molar-refractivity contribution in [2.24, 2.45) is 0 Å². The van der Waals surface area contributed by atoms with Crippen LogP contribution in [0.1, 0.15) is 4.88 Å². The molecule has 1 fully saturated rings. The summed E-state index contributed by atoms with van der Waals surface area (Å²) in [6.45, 7) is 0.618. The monoisotopic (exact) mass is 325 g/mol. The van der Waals surface area contributed by atoms with E-state index >= 15 is 0 Å². The molecule has 108 valence electrons. The van der Waals surface area contributed by atoms with Gasteiger partial charge in [0.1, 0.15) is 0 Å². The first-order chi connectivity index (χ1) is 9.02. The first-order valence-electron chi connectivity index (χ1n) is 5.72. The Balaban J connectivity index is 2.21. The molecule has 2 heterocycles. The largest absolute Gasteiger partial charge is 0.377 e. The molecule has 0 spiro atoms. The Morgan fingerprint density at radius 2 is 1.95 bits per heavy atom. The summed E-state index contributed by atoms with van der Waals surface area (Å²) in [6.07, 6.45) is -0.461. The van der Waals surface area contributed by atoms with Crippen LogP contribution < -0.4 is 0 Å². The van der Waals surface area contributed by atoms with Gasteiger partial charge in [-0.1, -0.05) is 0 Å². The van der Waals surface area contributed by atoms with Crippen molar-refractivity contribution in [1.82, 2.24) is 4.31 Å². The van der Waals surface area contributed by atoms with Gasteiger partial charge in [0.25, 0.3) is 0 Å². The number of hydrogen-bond donors (Lipinski definition) is 0. The fraction of sp³-hybridized carbons (Fsp3) is 0.636. The molecule has 1 aliphatic heterocycles. The van der Waals surface area contributed by atoms with Crippen molar-refractivity contribution in [3.05, 3.63) is 16.3 Å². The summed E-state index contributed by atoms with van der Waals surface area (Å²) >= 11 is 7.05. The molecule has 1 aliphatic rings. The van der Waals surface area contributed by atoms with E-state index in [4.69, 9.17) is 21.1 Å². The molecule has 1 aromatic rings. The zero-order valence-corrected chi connectivity index (χ0v) is 13.1. The van der Waals surface area contributed by atoms with E-state index in [1.54, 1.807) is 25.7 Å². The molecular weight excluding hydrogens is 310 g/mol. The average molecular weight is 326 g/mol. The molecule has 2 atom stereocenters. The van der Waals surface area contributed by atoms with E-state index in [1.807, 2.05) is 0 Å². The SMILES string of the molecule is COC1CN(S(=O)(=O)c2csc(CCl)c2)CC1OC. The van der Waals surface area contributed by atoms with Crippen LogP contribution in [0.5, 0.6) is 0 Å². The standard InChI is InChI=1S/C11H16ClNO4S2/c1-16-10-5-13(6-11(10)17-2)19(14,15)9-3-8(4-12)18-7-9/h3,7,10-11H,4-6H2,1-2H3. The smallest absolute Gasteiger partial charge is 0.244 e. The van der Waals surface area contributed by atoms with Crippen LogP contribution in [0, 0.1) is 0 Å². The first-order valence-corrected chi connectivity index (χ1v) is 8.57. The van der Waals surface area contributed by atoms with Crippen LogP contribution in [0.15, 0.2) is 16.3 Å². The number of sulfonamides is 1. The molecule has 19 heavy (non-hydrogen) atoms. The average Bonchev–Trinajstić information content (AvgIpc) is 3.05. The lowest BCUT2D eigenvalue weighted by Gasteiger charge is -2.14. The highest BCUT2D eigenvalue weighted by Crippen LogP contribution is 2.27. The van der Waals surface area contributed by atoms with Crippen molar-refractivity contribution in [2.75, 3.05) is 27.3 Å². The number of rotatable bonds is 5. The van der Waals surface area contributed by atoms with E-state index < -0.39 is 10.0 Å². The van der Waals surface area contributed by atoms with Crippen LogP contribution in [0.25, 0.3) is 0 Å². The number of hydrogen-bond acceptors (Lipinski definition) is 5. The van der Waals surface area contributed by atoms with Gasteiger partial charge in [-0.25, -0.2) is 8.42 Å². The van der Waals surface area contributed by atoms with E-state index in [1.165, 1.54) is 15.6 Å². The van der Waals surface area contributed by atoms with E-state index in [2.05, 4.69) is 0 Å². The highest BCUT2D eigenvalue weighted by Gasteiger charge is 2.40. The molecule has 0 bridgehead atoms. The third kappa shape index (κ3) is 2.96. The van der Waals surface area contributed by atoms with Gasteiger partial charge in [-0.3, -0.25) is 0 Å². The maximum absolute atomic E-state index is 12.5. The summed E-state index contributed by atoms with van der Waals surface area (Å²) in [4.78, 5) is 1.13. The highest BCUT2D eigenvalue weighted by atomic mass is 35.5. The quantitative estimate of drug-likeness (QED) is 0.770. The molecule has 0 radical (unpaired) electrons. The summed E-state index contributed by atoms with van der Waals surface area (Å²) in [5, 5.41) is 1.62. The van der Waals surface area contributed by atoms with Crippen LogP contribution in [0.3, 0.4) is 0 Å². The van der Waals surface area contributed by atoms with Crippen LogP contribution in [-0.4, -0.2) is 52.2 Å². The minimum Gasteiger partial charge on any atom is -0.377 e. The molecule has 2 unspecified atom stereocenters. The first kappa shape index (κ1) is 15.2. The second-order valence-electron chi connectivity index (χ2n) is 4.25. The number of ether oxygens (including phenoxy) is 2. The van der Waals surface area contributed by atoms with E-state index in [9.17, 15) is 8.42 Å². The third-order valence-electron chi connectivity index (χ3n) is 3.19. The zero-order chi connectivity index (χ0) is 14.0. The minimum atomic E-state index is -3.49. The maximum Gasteiger partial charge on any atom is 0.244 e. The molecule has 2 rings (SSSR count). The molecule has 0 saturated carbocycles. The van der Waals surface area contributed by atoms with E-state index in [-0.39, 0.29) is 12.2 Å². The van der Waals surface area contributed by atoms with Gasteiger partial charge in [-0.05, 0) is 6.07 Å². The third-order valence-corrected chi connectivity index (χ3v) is 6.53. The predicted molar refractivity (Wildman–Crippen MR) is 74.2 cm³/mol. The lowest BCUT2D eigenvalue weighted by Crippen LogP contribution is -2.29. The number of halogens is 1. The predicted octanol–water partition coefficient (Wildman–Crippen LogP) is 1.52. The van der Waals surface area contributed by atoms with Gasteiger partial charge in [0.15, 0.2) is 0 Å². The minimum absolute atomic E-state index is 0.231. The zero-order valence-electron chi connectivity index (χ0n) is 10.7. The van der Waals surface area contributed by atoms with Crippen molar-refractivity contribution in [3.63, 3.8) is 0 Å². The molecular formula is C11H16ClNO4S2. The van der Waals surface area contributed by atoms with Crippen molar-refractivity contribution in [2.45, 2.75) is 23.0 Å². The summed E-state index contributed by atoms with van der Waals surface area (Å²) in [7, 11) is -0.372. The Hall–Kier alpha value is -0.180. The topological polar surface area (TPSA) is 55.8 Å². The molecule has 0 amide bonds. The molecule has 1 aromatic heterocycles. The highest BCUT2D eigenvalue weighted by molar-refractivity contribution is 7.89. The van der Waals surface area contributed by atoms with Gasteiger partial charge >= 0.3 is 0 Å². The van der Waals surface area contributed by atoms with Crippen molar-refractivity contribution < 1.29 is 17.9 Å². The van der Waals surface area contributed by atoms with Gasteiger partial charge in [-0.2, -0.15) is 4.31 Å². The van der Waals surface area contributed by atoms with Gasteiger partial charge < -0.3 is 9.47 Å².